The summed E-state index contributed by atoms with van der Waals surface area (Å²) in [5.41, 5.74) is -0.108. The van der Waals surface area contributed by atoms with Crippen molar-refractivity contribution in [3.63, 3.8) is 0 Å². The first-order chi connectivity index (χ1) is 11.2. The molecule has 4 heteroatoms. The van der Waals surface area contributed by atoms with E-state index in [-0.39, 0.29) is 6.10 Å². The summed E-state index contributed by atoms with van der Waals surface area (Å²) in [5.74, 6) is 7.55. The second-order valence-electron chi connectivity index (χ2n) is 6.28. The van der Waals surface area contributed by atoms with Crippen LogP contribution in [0, 0.1) is 11.8 Å². The first-order valence-corrected chi connectivity index (χ1v) is 8.36. The van der Waals surface area contributed by atoms with Gasteiger partial charge in [-0.25, -0.2) is 0 Å². The van der Waals surface area contributed by atoms with Crippen molar-refractivity contribution in [3.8, 4) is 23.3 Å². The maximum absolute atomic E-state index is 10.4. The van der Waals surface area contributed by atoms with Gasteiger partial charge in [0.1, 0.15) is 5.60 Å². The topological polar surface area (TPSA) is 47.9 Å². The SMILES string of the molecule is COc1ccc(C#CC2(O)CCOCC2)cc1OC1CCCC1. The van der Waals surface area contributed by atoms with E-state index < -0.39 is 5.60 Å². The summed E-state index contributed by atoms with van der Waals surface area (Å²) in [6.45, 7) is 1.12. The van der Waals surface area contributed by atoms with Crippen LogP contribution in [0.1, 0.15) is 44.1 Å². The molecule has 1 saturated carbocycles. The van der Waals surface area contributed by atoms with Crippen LogP contribution in [0.4, 0.5) is 0 Å². The smallest absolute Gasteiger partial charge is 0.162 e. The normalized spacial score (nSPS) is 20.6. The fourth-order valence-corrected chi connectivity index (χ4v) is 3.05. The molecule has 0 aromatic heterocycles. The lowest BCUT2D eigenvalue weighted by molar-refractivity contribution is -0.0261. The molecule has 0 bridgehead atoms. The van der Waals surface area contributed by atoms with Gasteiger partial charge in [0.25, 0.3) is 0 Å². The lowest BCUT2D eigenvalue weighted by Gasteiger charge is -2.26. The van der Waals surface area contributed by atoms with Crippen LogP contribution >= 0.6 is 0 Å². The Balaban J connectivity index is 1.77. The number of aliphatic hydroxyl groups is 1. The van der Waals surface area contributed by atoms with E-state index in [0.29, 0.717) is 26.1 Å². The summed E-state index contributed by atoms with van der Waals surface area (Å²) >= 11 is 0. The predicted molar refractivity (Wildman–Crippen MR) is 87.8 cm³/mol. The zero-order chi connectivity index (χ0) is 16.1. The molecule has 1 aliphatic carbocycles. The van der Waals surface area contributed by atoms with E-state index >= 15 is 0 Å². The highest BCUT2D eigenvalue weighted by Crippen LogP contribution is 2.32. The maximum Gasteiger partial charge on any atom is 0.162 e. The molecule has 0 spiro atoms. The molecule has 0 radical (unpaired) electrons. The summed E-state index contributed by atoms with van der Waals surface area (Å²) in [5, 5.41) is 10.4. The third-order valence-corrected chi connectivity index (χ3v) is 4.52. The Kier molecular flexibility index (Phi) is 5.09. The van der Waals surface area contributed by atoms with Gasteiger partial charge in [-0.1, -0.05) is 11.8 Å². The number of ether oxygens (including phenoxy) is 3. The molecular formula is C19H24O4. The molecule has 2 aliphatic rings. The third kappa shape index (κ3) is 4.19. The number of methoxy groups -OCH3 is 1. The Morgan fingerprint density at radius 1 is 1.17 bits per heavy atom. The molecule has 4 nitrogen and oxygen atoms in total. The zero-order valence-electron chi connectivity index (χ0n) is 13.6. The van der Waals surface area contributed by atoms with Crippen molar-refractivity contribution >= 4 is 0 Å². The minimum absolute atomic E-state index is 0.270. The molecule has 1 saturated heterocycles. The van der Waals surface area contributed by atoms with Gasteiger partial charge in [0.15, 0.2) is 11.5 Å². The van der Waals surface area contributed by atoms with Crippen molar-refractivity contribution in [2.24, 2.45) is 0 Å². The van der Waals surface area contributed by atoms with Gasteiger partial charge in [0.05, 0.1) is 26.4 Å². The van der Waals surface area contributed by atoms with Crippen LogP contribution < -0.4 is 9.47 Å². The largest absolute Gasteiger partial charge is 0.493 e. The first kappa shape index (κ1) is 16.2. The van der Waals surface area contributed by atoms with Crippen LogP contribution in [0.25, 0.3) is 0 Å². The van der Waals surface area contributed by atoms with Gasteiger partial charge in [0, 0.05) is 18.4 Å². The Bertz CT molecular complexity index is 587. The van der Waals surface area contributed by atoms with Gasteiger partial charge in [-0.2, -0.15) is 0 Å². The summed E-state index contributed by atoms with van der Waals surface area (Å²) in [6.07, 6.45) is 6.02. The fraction of sp³-hybridized carbons (Fsp3) is 0.579. The Morgan fingerprint density at radius 3 is 2.61 bits per heavy atom. The molecule has 1 aliphatic heterocycles. The fourth-order valence-electron chi connectivity index (χ4n) is 3.05. The van der Waals surface area contributed by atoms with E-state index in [1.807, 2.05) is 18.2 Å². The molecule has 0 amide bonds. The van der Waals surface area contributed by atoms with Crippen LogP contribution in [0.2, 0.25) is 0 Å². The second kappa shape index (κ2) is 7.25. The quantitative estimate of drug-likeness (QED) is 0.871. The molecule has 1 aromatic rings. The number of benzene rings is 1. The minimum Gasteiger partial charge on any atom is -0.493 e. The van der Waals surface area contributed by atoms with Crippen LogP contribution in [0.5, 0.6) is 11.5 Å². The summed E-state index contributed by atoms with van der Waals surface area (Å²) in [4.78, 5) is 0. The summed E-state index contributed by atoms with van der Waals surface area (Å²) in [7, 11) is 1.65. The molecule has 1 heterocycles. The number of hydrogen-bond donors (Lipinski definition) is 1. The van der Waals surface area contributed by atoms with Crippen molar-refractivity contribution in [1.82, 2.24) is 0 Å². The van der Waals surface area contributed by atoms with E-state index in [9.17, 15) is 5.11 Å². The van der Waals surface area contributed by atoms with Crippen molar-refractivity contribution in [2.75, 3.05) is 20.3 Å². The molecule has 1 N–H and O–H groups in total. The maximum atomic E-state index is 10.4. The van der Waals surface area contributed by atoms with E-state index in [0.717, 1.165) is 29.9 Å². The Hall–Kier alpha value is -1.70. The van der Waals surface area contributed by atoms with Crippen molar-refractivity contribution in [2.45, 2.75) is 50.2 Å². The monoisotopic (exact) mass is 316 g/mol. The van der Waals surface area contributed by atoms with Gasteiger partial charge in [0.2, 0.25) is 0 Å². The molecular weight excluding hydrogens is 292 g/mol. The Labute approximate surface area is 137 Å². The minimum atomic E-state index is -0.940. The summed E-state index contributed by atoms with van der Waals surface area (Å²) < 4.78 is 16.7. The standard InChI is InChI=1S/C19H24O4/c1-21-17-7-6-15(8-9-19(20)10-12-22-13-11-19)14-18(17)23-16-4-2-3-5-16/h6-7,14,16,20H,2-5,10-13H2,1H3. The molecule has 2 fully saturated rings. The van der Waals surface area contributed by atoms with Crippen LogP contribution in [-0.2, 0) is 4.74 Å². The zero-order valence-corrected chi connectivity index (χ0v) is 13.6. The highest BCUT2D eigenvalue weighted by molar-refractivity contribution is 5.49. The van der Waals surface area contributed by atoms with Crippen molar-refractivity contribution in [1.29, 1.82) is 0 Å². The van der Waals surface area contributed by atoms with Gasteiger partial charge in [-0.05, 0) is 43.9 Å². The van der Waals surface area contributed by atoms with E-state index in [2.05, 4.69) is 11.8 Å². The van der Waals surface area contributed by atoms with Gasteiger partial charge < -0.3 is 19.3 Å². The second-order valence-corrected chi connectivity index (χ2v) is 6.28. The van der Waals surface area contributed by atoms with Gasteiger partial charge in [-0.3, -0.25) is 0 Å². The average Bonchev–Trinajstić information content (AvgIpc) is 3.07. The number of rotatable bonds is 3. The van der Waals surface area contributed by atoms with Crippen molar-refractivity contribution in [3.05, 3.63) is 23.8 Å². The lowest BCUT2D eigenvalue weighted by atomic mass is 9.95. The number of hydrogen-bond acceptors (Lipinski definition) is 4. The average molecular weight is 316 g/mol. The predicted octanol–water partition coefficient (Wildman–Crippen LogP) is 2.91. The summed E-state index contributed by atoms with van der Waals surface area (Å²) in [6, 6.07) is 5.69. The van der Waals surface area contributed by atoms with Crippen LogP contribution in [0.15, 0.2) is 18.2 Å². The van der Waals surface area contributed by atoms with E-state index in [1.54, 1.807) is 7.11 Å². The Morgan fingerprint density at radius 2 is 1.91 bits per heavy atom. The van der Waals surface area contributed by atoms with Crippen molar-refractivity contribution < 1.29 is 19.3 Å². The molecule has 0 unspecified atom stereocenters. The lowest BCUT2D eigenvalue weighted by Crippen LogP contribution is -2.34. The van der Waals surface area contributed by atoms with Gasteiger partial charge in [-0.15, -0.1) is 0 Å². The molecule has 3 rings (SSSR count). The molecule has 23 heavy (non-hydrogen) atoms. The molecule has 124 valence electrons. The van der Waals surface area contributed by atoms with E-state index in [1.165, 1.54) is 12.8 Å². The van der Waals surface area contributed by atoms with Crippen LogP contribution in [0.3, 0.4) is 0 Å². The van der Waals surface area contributed by atoms with Gasteiger partial charge >= 0.3 is 0 Å². The third-order valence-electron chi connectivity index (χ3n) is 4.52. The van der Waals surface area contributed by atoms with E-state index in [4.69, 9.17) is 14.2 Å². The molecule has 0 atom stereocenters. The highest BCUT2D eigenvalue weighted by Gasteiger charge is 2.27. The van der Waals surface area contributed by atoms with Crippen LogP contribution in [-0.4, -0.2) is 37.1 Å². The highest BCUT2D eigenvalue weighted by atomic mass is 16.5. The first-order valence-electron chi connectivity index (χ1n) is 8.36. The molecule has 1 aromatic carbocycles.